The fourth-order valence-electron chi connectivity index (χ4n) is 3.67. The van der Waals surface area contributed by atoms with Crippen LogP contribution in [0.2, 0.25) is 6.32 Å². The lowest BCUT2D eigenvalue weighted by atomic mass is 9.68. The van der Waals surface area contributed by atoms with Crippen molar-refractivity contribution in [1.29, 1.82) is 0 Å². The molecule has 1 unspecified atom stereocenters. The summed E-state index contributed by atoms with van der Waals surface area (Å²) in [6.45, 7) is 14.7. The van der Waals surface area contributed by atoms with Crippen LogP contribution in [0.3, 0.4) is 0 Å². The van der Waals surface area contributed by atoms with Crippen LogP contribution in [0, 0.1) is 26.2 Å². The number of hydrogen-bond donors (Lipinski definition) is 2. The number of fused-ring (bicyclic) bond motifs is 1. The molecule has 24 heavy (non-hydrogen) atoms. The molecule has 1 aromatic carbocycles. The van der Waals surface area contributed by atoms with Crippen LogP contribution in [0.4, 0.5) is 0 Å². The SMILES string of the molecule is [B]CCOCCNC(=C)C1(C)CCc2c(C)c(O)c(C)c(C)c2C1. The van der Waals surface area contributed by atoms with Gasteiger partial charge in [-0.1, -0.05) is 19.8 Å². The standard InChI is InChI=1S/C20H30BNO2/c1-13-14(2)19(23)15(3)17-6-7-20(5,12-18(13)17)16(4)22-9-11-24-10-8-21/h22-23H,4,6-12H2,1-3,5H3. The minimum Gasteiger partial charge on any atom is -0.507 e. The fraction of sp³-hybridized carbons (Fsp3) is 0.600. The zero-order valence-electron chi connectivity index (χ0n) is 15.6. The third-order valence-corrected chi connectivity index (χ3v) is 5.61. The number of hydrogen-bond acceptors (Lipinski definition) is 3. The molecule has 0 spiro atoms. The van der Waals surface area contributed by atoms with E-state index in [0.717, 1.165) is 42.6 Å². The summed E-state index contributed by atoms with van der Waals surface area (Å²) in [5.74, 6) is 0.462. The van der Waals surface area contributed by atoms with Crippen molar-refractivity contribution in [2.24, 2.45) is 5.41 Å². The summed E-state index contributed by atoms with van der Waals surface area (Å²) in [4.78, 5) is 0. The summed E-state index contributed by atoms with van der Waals surface area (Å²) < 4.78 is 5.42. The number of aromatic hydroxyl groups is 1. The molecule has 0 aromatic heterocycles. The largest absolute Gasteiger partial charge is 0.507 e. The lowest BCUT2D eigenvalue weighted by molar-refractivity contribution is 0.149. The van der Waals surface area contributed by atoms with E-state index < -0.39 is 0 Å². The Hall–Kier alpha value is -1.42. The molecule has 0 saturated carbocycles. The quantitative estimate of drug-likeness (QED) is 0.595. The second kappa shape index (κ2) is 7.65. The number of phenols is 1. The average Bonchev–Trinajstić information content (AvgIpc) is 2.57. The highest BCUT2D eigenvalue weighted by atomic mass is 16.5. The Morgan fingerprint density at radius 3 is 2.58 bits per heavy atom. The van der Waals surface area contributed by atoms with Crippen LogP contribution in [-0.2, 0) is 17.6 Å². The highest BCUT2D eigenvalue weighted by molar-refractivity contribution is 6.08. The highest BCUT2D eigenvalue weighted by Gasteiger charge is 2.35. The molecular weight excluding hydrogens is 297 g/mol. The van der Waals surface area contributed by atoms with Gasteiger partial charge in [0.1, 0.15) is 5.75 Å². The van der Waals surface area contributed by atoms with Crippen LogP contribution >= 0.6 is 0 Å². The molecule has 3 nitrogen and oxygen atoms in total. The molecule has 4 heteroatoms. The Kier molecular flexibility index (Phi) is 6.03. The summed E-state index contributed by atoms with van der Waals surface area (Å²) in [5.41, 5.74) is 7.09. The minimum atomic E-state index is 0.0292. The molecular formula is C20H30BNO2. The van der Waals surface area contributed by atoms with Gasteiger partial charge in [-0.3, -0.25) is 0 Å². The molecule has 2 N–H and O–H groups in total. The van der Waals surface area contributed by atoms with Crippen molar-refractivity contribution in [3.05, 3.63) is 40.1 Å². The number of phenolic OH excluding ortho intramolecular Hbond substituents is 1. The van der Waals surface area contributed by atoms with E-state index in [1.807, 2.05) is 13.8 Å². The summed E-state index contributed by atoms with van der Waals surface area (Å²) >= 11 is 0. The molecule has 1 aromatic rings. The first-order valence-electron chi connectivity index (χ1n) is 8.83. The first kappa shape index (κ1) is 18.9. The molecule has 0 fully saturated rings. The Labute approximate surface area is 147 Å². The third kappa shape index (κ3) is 3.64. The van der Waals surface area contributed by atoms with Gasteiger partial charge >= 0.3 is 0 Å². The molecule has 0 amide bonds. The Balaban J connectivity index is 2.12. The van der Waals surface area contributed by atoms with E-state index in [4.69, 9.17) is 12.6 Å². The van der Waals surface area contributed by atoms with Crippen molar-refractivity contribution in [3.63, 3.8) is 0 Å². The highest BCUT2D eigenvalue weighted by Crippen LogP contribution is 2.44. The molecule has 1 aliphatic carbocycles. The summed E-state index contributed by atoms with van der Waals surface area (Å²) in [6.07, 6.45) is 3.54. The van der Waals surface area contributed by atoms with Gasteiger partial charge < -0.3 is 15.2 Å². The van der Waals surface area contributed by atoms with Gasteiger partial charge in [-0.2, -0.15) is 0 Å². The maximum atomic E-state index is 10.3. The maximum Gasteiger partial charge on any atom is 0.121 e. The first-order chi connectivity index (χ1) is 11.3. The summed E-state index contributed by atoms with van der Waals surface area (Å²) in [5, 5.41) is 13.7. The van der Waals surface area contributed by atoms with Crippen LogP contribution in [-0.4, -0.2) is 32.7 Å². The second-order valence-corrected chi connectivity index (χ2v) is 7.22. The van der Waals surface area contributed by atoms with Gasteiger partial charge in [-0.15, -0.1) is 0 Å². The number of nitrogens with one attached hydrogen (secondary N) is 1. The van der Waals surface area contributed by atoms with Crippen LogP contribution in [0.1, 0.15) is 41.2 Å². The van der Waals surface area contributed by atoms with Crippen molar-refractivity contribution in [3.8, 4) is 5.75 Å². The smallest absolute Gasteiger partial charge is 0.121 e. The molecule has 0 aliphatic heterocycles. The minimum absolute atomic E-state index is 0.0292. The van der Waals surface area contributed by atoms with Gasteiger partial charge in [0.2, 0.25) is 0 Å². The molecule has 130 valence electrons. The van der Waals surface area contributed by atoms with E-state index in [0.29, 0.717) is 25.3 Å². The number of allylic oxidation sites excluding steroid dienone is 1. The normalized spacial score (nSPS) is 19.8. The van der Waals surface area contributed by atoms with E-state index >= 15 is 0 Å². The van der Waals surface area contributed by atoms with Crippen molar-refractivity contribution < 1.29 is 9.84 Å². The van der Waals surface area contributed by atoms with E-state index in [-0.39, 0.29) is 5.41 Å². The zero-order chi connectivity index (χ0) is 17.9. The zero-order valence-corrected chi connectivity index (χ0v) is 15.6. The van der Waals surface area contributed by atoms with Crippen LogP contribution in [0.5, 0.6) is 5.75 Å². The van der Waals surface area contributed by atoms with Gasteiger partial charge in [-0.25, -0.2) is 0 Å². The van der Waals surface area contributed by atoms with Crippen molar-refractivity contribution in [2.75, 3.05) is 19.8 Å². The molecule has 0 bridgehead atoms. The molecule has 1 atom stereocenters. The lowest BCUT2D eigenvalue weighted by Gasteiger charge is -2.39. The monoisotopic (exact) mass is 327 g/mol. The fourth-order valence-corrected chi connectivity index (χ4v) is 3.67. The average molecular weight is 327 g/mol. The van der Waals surface area contributed by atoms with Gasteiger partial charge in [0.25, 0.3) is 0 Å². The van der Waals surface area contributed by atoms with Gasteiger partial charge in [-0.05, 0) is 67.9 Å². The summed E-state index contributed by atoms with van der Waals surface area (Å²) in [6, 6.07) is 0. The topological polar surface area (TPSA) is 41.5 Å². The van der Waals surface area contributed by atoms with Crippen LogP contribution in [0.15, 0.2) is 12.3 Å². The van der Waals surface area contributed by atoms with Crippen molar-refractivity contribution in [2.45, 2.75) is 53.3 Å². The summed E-state index contributed by atoms with van der Waals surface area (Å²) in [7, 11) is 5.42. The van der Waals surface area contributed by atoms with E-state index in [1.54, 1.807) is 0 Å². The van der Waals surface area contributed by atoms with E-state index in [9.17, 15) is 5.11 Å². The van der Waals surface area contributed by atoms with Crippen molar-refractivity contribution >= 4 is 7.85 Å². The van der Waals surface area contributed by atoms with Gasteiger partial charge in [0.15, 0.2) is 0 Å². The lowest BCUT2D eigenvalue weighted by Crippen LogP contribution is -2.36. The van der Waals surface area contributed by atoms with Crippen molar-refractivity contribution in [1.82, 2.24) is 5.32 Å². The molecule has 2 radical (unpaired) electrons. The number of ether oxygens (including phenoxy) is 1. The second-order valence-electron chi connectivity index (χ2n) is 7.22. The molecule has 0 saturated heterocycles. The number of rotatable bonds is 7. The van der Waals surface area contributed by atoms with Gasteiger partial charge in [0, 0.05) is 24.3 Å². The maximum absolute atomic E-state index is 10.3. The Bertz CT molecular complexity index is 627. The number of benzene rings is 1. The van der Waals surface area contributed by atoms with E-state index in [2.05, 4.69) is 25.7 Å². The Morgan fingerprint density at radius 1 is 1.21 bits per heavy atom. The molecule has 1 aliphatic rings. The third-order valence-electron chi connectivity index (χ3n) is 5.61. The molecule has 2 rings (SSSR count). The van der Waals surface area contributed by atoms with E-state index in [1.165, 1.54) is 16.7 Å². The van der Waals surface area contributed by atoms with Crippen LogP contribution in [0.25, 0.3) is 0 Å². The Morgan fingerprint density at radius 2 is 1.92 bits per heavy atom. The molecule has 0 heterocycles. The van der Waals surface area contributed by atoms with Gasteiger partial charge in [0.05, 0.1) is 14.5 Å². The van der Waals surface area contributed by atoms with Crippen LogP contribution < -0.4 is 5.32 Å². The first-order valence-corrected chi connectivity index (χ1v) is 8.83. The predicted octanol–water partition coefficient (Wildman–Crippen LogP) is 3.52. The predicted molar refractivity (Wildman–Crippen MR) is 101 cm³/mol.